The van der Waals surface area contributed by atoms with Gasteiger partial charge in [0.2, 0.25) is 0 Å². The topological polar surface area (TPSA) is 38.7 Å². The molecule has 1 aliphatic carbocycles. The third kappa shape index (κ3) is 2.69. The second-order valence-electron chi connectivity index (χ2n) is 4.43. The SMILES string of the molecule is OC1CCCC1OCC1CCOCC1. The van der Waals surface area contributed by atoms with Crippen LogP contribution < -0.4 is 0 Å². The smallest absolute Gasteiger partial charge is 0.0834 e. The lowest BCUT2D eigenvalue weighted by Crippen LogP contribution is -2.27. The van der Waals surface area contributed by atoms with Gasteiger partial charge in [0.05, 0.1) is 18.8 Å². The Bertz CT molecular complexity index is 166. The molecule has 2 fully saturated rings. The maximum absolute atomic E-state index is 9.57. The van der Waals surface area contributed by atoms with Crippen LogP contribution in [0.25, 0.3) is 0 Å². The van der Waals surface area contributed by atoms with E-state index in [-0.39, 0.29) is 12.2 Å². The van der Waals surface area contributed by atoms with E-state index in [1.54, 1.807) is 0 Å². The highest BCUT2D eigenvalue weighted by molar-refractivity contribution is 4.77. The van der Waals surface area contributed by atoms with Crippen molar-refractivity contribution in [2.24, 2.45) is 5.92 Å². The molecule has 0 bridgehead atoms. The Morgan fingerprint density at radius 2 is 1.93 bits per heavy atom. The third-order valence-corrected chi connectivity index (χ3v) is 3.30. The Labute approximate surface area is 85.4 Å². The van der Waals surface area contributed by atoms with Crippen molar-refractivity contribution < 1.29 is 14.6 Å². The second-order valence-corrected chi connectivity index (χ2v) is 4.43. The van der Waals surface area contributed by atoms with Crippen LogP contribution in [0.5, 0.6) is 0 Å². The summed E-state index contributed by atoms with van der Waals surface area (Å²) >= 11 is 0. The van der Waals surface area contributed by atoms with Crippen molar-refractivity contribution in [3.8, 4) is 0 Å². The Morgan fingerprint density at radius 3 is 2.57 bits per heavy atom. The normalized spacial score (nSPS) is 34.9. The van der Waals surface area contributed by atoms with Crippen LogP contribution in [0.15, 0.2) is 0 Å². The molecule has 0 spiro atoms. The van der Waals surface area contributed by atoms with Gasteiger partial charge in [-0.2, -0.15) is 0 Å². The van der Waals surface area contributed by atoms with Gasteiger partial charge in [-0.15, -0.1) is 0 Å². The molecule has 2 unspecified atom stereocenters. The first-order chi connectivity index (χ1) is 6.86. The van der Waals surface area contributed by atoms with Gasteiger partial charge in [-0.3, -0.25) is 0 Å². The van der Waals surface area contributed by atoms with Gasteiger partial charge in [0.1, 0.15) is 0 Å². The number of hydrogen-bond donors (Lipinski definition) is 1. The Hall–Kier alpha value is -0.120. The van der Waals surface area contributed by atoms with E-state index < -0.39 is 0 Å². The molecule has 0 aromatic heterocycles. The average molecular weight is 200 g/mol. The molecule has 14 heavy (non-hydrogen) atoms. The van der Waals surface area contributed by atoms with Crippen molar-refractivity contribution in [3.05, 3.63) is 0 Å². The Kier molecular flexibility index (Phi) is 3.79. The lowest BCUT2D eigenvalue weighted by molar-refractivity contribution is -0.0491. The molecule has 1 saturated heterocycles. The van der Waals surface area contributed by atoms with Gasteiger partial charge in [0, 0.05) is 13.2 Å². The fraction of sp³-hybridized carbons (Fsp3) is 1.00. The molecule has 0 aromatic carbocycles. The lowest BCUT2D eigenvalue weighted by Gasteiger charge is -2.24. The second kappa shape index (κ2) is 5.10. The molecule has 3 heteroatoms. The van der Waals surface area contributed by atoms with Crippen LogP contribution >= 0.6 is 0 Å². The molecule has 1 N–H and O–H groups in total. The van der Waals surface area contributed by atoms with E-state index in [1.807, 2.05) is 0 Å². The number of aliphatic hydroxyl groups excluding tert-OH is 1. The van der Waals surface area contributed by atoms with Crippen molar-refractivity contribution in [3.63, 3.8) is 0 Å². The van der Waals surface area contributed by atoms with Gasteiger partial charge in [-0.25, -0.2) is 0 Å². The minimum atomic E-state index is -0.213. The molecule has 0 aromatic rings. The minimum absolute atomic E-state index is 0.109. The van der Waals surface area contributed by atoms with Gasteiger partial charge in [-0.1, -0.05) is 0 Å². The van der Waals surface area contributed by atoms with Gasteiger partial charge < -0.3 is 14.6 Å². The van der Waals surface area contributed by atoms with E-state index in [2.05, 4.69) is 0 Å². The molecule has 1 saturated carbocycles. The fourth-order valence-electron chi connectivity index (χ4n) is 2.27. The molecular formula is C11H20O3. The molecule has 0 amide bonds. The number of rotatable bonds is 3. The number of aliphatic hydroxyl groups is 1. The van der Waals surface area contributed by atoms with Crippen molar-refractivity contribution in [2.75, 3.05) is 19.8 Å². The first-order valence-corrected chi connectivity index (χ1v) is 5.73. The zero-order chi connectivity index (χ0) is 9.80. The van der Waals surface area contributed by atoms with E-state index in [9.17, 15) is 5.11 Å². The van der Waals surface area contributed by atoms with Crippen LogP contribution in [-0.4, -0.2) is 37.1 Å². The molecule has 3 nitrogen and oxygen atoms in total. The summed E-state index contributed by atoms with van der Waals surface area (Å²) in [5, 5.41) is 9.57. The summed E-state index contributed by atoms with van der Waals surface area (Å²) in [7, 11) is 0. The van der Waals surface area contributed by atoms with Crippen molar-refractivity contribution in [2.45, 2.75) is 44.3 Å². The molecule has 1 heterocycles. The third-order valence-electron chi connectivity index (χ3n) is 3.30. The Balaban J connectivity index is 1.65. The highest BCUT2D eigenvalue weighted by atomic mass is 16.5. The maximum Gasteiger partial charge on any atom is 0.0834 e. The number of hydrogen-bond acceptors (Lipinski definition) is 3. The summed E-state index contributed by atoms with van der Waals surface area (Å²) in [5.41, 5.74) is 0. The van der Waals surface area contributed by atoms with Crippen molar-refractivity contribution in [1.29, 1.82) is 0 Å². The standard InChI is InChI=1S/C11H20O3/c12-10-2-1-3-11(10)14-8-9-4-6-13-7-5-9/h9-12H,1-8H2. The summed E-state index contributed by atoms with van der Waals surface area (Å²) in [6.45, 7) is 2.56. The molecule has 2 aliphatic rings. The maximum atomic E-state index is 9.57. The average Bonchev–Trinajstić information content (AvgIpc) is 2.63. The van der Waals surface area contributed by atoms with Crippen LogP contribution in [0.1, 0.15) is 32.1 Å². The predicted octanol–water partition coefficient (Wildman–Crippen LogP) is 1.34. The lowest BCUT2D eigenvalue weighted by atomic mass is 10.0. The summed E-state index contributed by atoms with van der Waals surface area (Å²) < 4.78 is 11.0. The van der Waals surface area contributed by atoms with Gasteiger partial charge in [-0.05, 0) is 38.0 Å². The zero-order valence-electron chi connectivity index (χ0n) is 8.65. The van der Waals surface area contributed by atoms with Crippen LogP contribution in [-0.2, 0) is 9.47 Å². The molecule has 0 radical (unpaired) electrons. The summed E-state index contributed by atoms with van der Waals surface area (Å²) in [6, 6.07) is 0. The van der Waals surface area contributed by atoms with Crippen LogP contribution in [0.4, 0.5) is 0 Å². The molecule has 82 valence electrons. The molecule has 2 rings (SSSR count). The molecular weight excluding hydrogens is 180 g/mol. The first-order valence-electron chi connectivity index (χ1n) is 5.73. The van der Waals surface area contributed by atoms with E-state index in [4.69, 9.17) is 9.47 Å². The van der Waals surface area contributed by atoms with Gasteiger partial charge in [0.15, 0.2) is 0 Å². The fourth-order valence-corrected chi connectivity index (χ4v) is 2.27. The van der Waals surface area contributed by atoms with Crippen molar-refractivity contribution in [1.82, 2.24) is 0 Å². The largest absolute Gasteiger partial charge is 0.390 e. The predicted molar refractivity (Wildman–Crippen MR) is 53.1 cm³/mol. The summed E-state index contributed by atoms with van der Waals surface area (Å²) in [4.78, 5) is 0. The van der Waals surface area contributed by atoms with Crippen LogP contribution in [0.3, 0.4) is 0 Å². The van der Waals surface area contributed by atoms with Crippen LogP contribution in [0, 0.1) is 5.92 Å². The molecule has 2 atom stereocenters. The highest BCUT2D eigenvalue weighted by Crippen LogP contribution is 2.24. The monoisotopic (exact) mass is 200 g/mol. The highest BCUT2D eigenvalue weighted by Gasteiger charge is 2.26. The van der Waals surface area contributed by atoms with Gasteiger partial charge in [0.25, 0.3) is 0 Å². The first kappa shape index (κ1) is 10.4. The van der Waals surface area contributed by atoms with E-state index in [1.165, 1.54) is 0 Å². The van der Waals surface area contributed by atoms with Crippen LogP contribution in [0.2, 0.25) is 0 Å². The molecule has 1 aliphatic heterocycles. The Morgan fingerprint density at radius 1 is 1.14 bits per heavy atom. The minimum Gasteiger partial charge on any atom is -0.390 e. The quantitative estimate of drug-likeness (QED) is 0.747. The number of ether oxygens (including phenoxy) is 2. The van der Waals surface area contributed by atoms with Gasteiger partial charge >= 0.3 is 0 Å². The van der Waals surface area contributed by atoms with Crippen molar-refractivity contribution >= 4 is 0 Å². The zero-order valence-corrected chi connectivity index (χ0v) is 8.65. The van der Waals surface area contributed by atoms with E-state index in [0.29, 0.717) is 5.92 Å². The summed E-state index contributed by atoms with van der Waals surface area (Å²) in [6.07, 6.45) is 5.18. The van der Waals surface area contributed by atoms with E-state index >= 15 is 0 Å². The van der Waals surface area contributed by atoms with E-state index in [0.717, 1.165) is 51.9 Å². The summed E-state index contributed by atoms with van der Waals surface area (Å²) in [5.74, 6) is 0.650.